The van der Waals surface area contributed by atoms with Crippen LogP contribution in [0.2, 0.25) is 5.02 Å². The van der Waals surface area contributed by atoms with E-state index in [-0.39, 0.29) is 23.2 Å². The number of amides is 2. The van der Waals surface area contributed by atoms with Gasteiger partial charge in [0.05, 0.1) is 10.8 Å². The van der Waals surface area contributed by atoms with Gasteiger partial charge >= 0.3 is 0 Å². The molecule has 1 aromatic carbocycles. The quantitative estimate of drug-likeness (QED) is 0.514. The SMILES string of the molecule is CC(=O)c1cc(C#N)c(SC2CCCCN(C(=O)c3ccc(Cl)cc3)C2=O)nc1C. The smallest absolute Gasteiger partial charge is 0.260 e. The lowest BCUT2D eigenvalue weighted by atomic mass is 10.1. The van der Waals surface area contributed by atoms with Crippen molar-refractivity contribution >= 4 is 41.0 Å². The lowest BCUT2D eigenvalue weighted by Gasteiger charge is -2.22. The zero-order valence-electron chi connectivity index (χ0n) is 16.6. The first-order valence-electron chi connectivity index (χ1n) is 9.52. The lowest BCUT2D eigenvalue weighted by Crippen LogP contribution is -2.41. The second-order valence-corrected chi connectivity index (χ2v) is 8.67. The molecule has 8 heteroatoms. The molecule has 0 bridgehead atoms. The standard InChI is InChI=1S/C22H20ClN3O3S/c1-13-18(14(2)27)11-16(12-24)20(25-13)30-19-5-3-4-10-26(22(19)29)21(28)15-6-8-17(23)9-7-15/h6-9,11,19H,3-5,10H2,1-2H3. The van der Waals surface area contributed by atoms with Gasteiger partial charge in [-0.1, -0.05) is 29.8 Å². The van der Waals surface area contributed by atoms with Crippen LogP contribution in [0, 0.1) is 18.3 Å². The van der Waals surface area contributed by atoms with E-state index >= 15 is 0 Å². The molecule has 1 fully saturated rings. The molecule has 1 aliphatic rings. The molecule has 1 atom stereocenters. The number of pyridine rings is 1. The average Bonchev–Trinajstić information content (AvgIpc) is 2.89. The largest absolute Gasteiger partial charge is 0.294 e. The van der Waals surface area contributed by atoms with Crippen molar-refractivity contribution in [1.82, 2.24) is 9.88 Å². The number of thioether (sulfide) groups is 1. The van der Waals surface area contributed by atoms with Crippen LogP contribution in [0.25, 0.3) is 0 Å². The van der Waals surface area contributed by atoms with Crippen molar-refractivity contribution in [2.45, 2.75) is 43.4 Å². The zero-order chi connectivity index (χ0) is 21.8. The number of aryl methyl sites for hydroxylation is 1. The van der Waals surface area contributed by atoms with Crippen molar-refractivity contribution in [3.8, 4) is 6.07 Å². The monoisotopic (exact) mass is 441 g/mol. The Morgan fingerprint density at radius 3 is 2.60 bits per heavy atom. The number of carbonyl (C=O) groups is 3. The average molecular weight is 442 g/mol. The summed E-state index contributed by atoms with van der Waals surface area (Å²) in [6, 6.07) is 10.0. The molecule has 0 spiro atoms. The van der Waals surface area contributed by atoms with E-state index in [1.165, 1.54) is 29.7 Å². The van der Waals surface area contributed by atoms with Gasteiger partial charge in [0.25, 0.3) is 5.91 Å². The number of imide groups is 1. The Morgan fingerprint density at radius 1 is 1.27 bits per heavy atom. The third-order valence-corrected chi connectivity index (χ3v) is 6.42. The predicted molar refractivity (Wildman–Crippen MR) is 115 cm³/mol. The van der Waals surface area contributed by atoms with Crippen LogP contribution >= 0.6 is 23.4 Å². The van der Waals surface area contributed by atoms with Crippen molar-refractivity contribution in [2.24, 2.45) is 0 Å². The van der Waals surface area contributed by atoms with Crippen molar-refractivity contribution < 1.29 is 14.4 Å². The van der Waals surface area contributed by atoms with Gasteiger partial charge in [-0.25, -0.2) is 4.98 Å². The third-order valence-electron chi connectivity index (χ3n) is 4.91. The summed E-state index contributed by atoms with van der Waals surface area (Å²) in [7, 11) is 0. The fourth-order valence-corrected chi connectivity index (χ4v) is 4.64. The minimum atomic E-state index is -0.536. The Balaban J connectivity index is 1.87. The molecule has 1 unspecified atom stereocenters. The summed E-state index contributed by atoms with van der Waals surface area (Å²) in [4.78, 5) is 43.5. The van der Waals surface area contributed by atoms with Crippen molar-refractivity contribution in [2.75, 3.05) is 6.54 Å². The van der Waals surface area contributed by atoms with Gasteiger partial charge in [-0.2, -0.15) is 5.26 Å². The second-order valence-electron chi connectivity index (χ2n) is 7.05. The number of nitrogens with zero attached hydrogens (tertiary/aromatic N) is 3. The van der Waals surface area contributed by atoms with Gasteiger partial charge in [0.1, 0.15) is 11.1 Å². The van der Waals surface area contributed by atoms with E-state index in [4.69, 9.17) is 11.6 Å². The summed E-state index contributed by atoms with van der Waals surface area (Å²) < 4.78 is 0. The number of nitriles is 1. The Bertz CT molecular complexity index is 1050. The minimum Gasteiger partial charge on any atom is -0.294 e. The van der Waals surface area contributed by atoms with Gasteiger partial charge in [-0.05, 0) is 57.0 Å². The van der Waals surface area contributed by atoms with Crippen LogP contribution in [0.4, 0.5) is 0 Å². The van der Waals surface area contributed by atoms with E-state index in [9.17, 15) is 19.6 Å². The summed E-state index contributed by atoms with van der Waals surface area (Å²) >= 11 is 7.07. The molecule has 0 N–H and O–H groups in total. The molecule has 30 heavy (non-hydrogen) atoms. The summed E-state index contributed by atoms with van der Waals surface area (Å²) in [5.74, 6) is -0.824. The predicted octanol–water partition coefficient (Wildman–Crippen LogP) is 4.43. The highest BCUT2D eigenvalue weighted by Gasteiger charge is 2.33. The fourth-order valence-electron chi connectivity index (χ4n) is 3.31. The maximum absolute atomic E-state index is 13.2. The van der Waals surface area contributed by atoms with Gasteiger partial charge in [0, 0.05) is 28.4 Å². The van der Waals surface area contributed by atoms with Crippen LogP contribution in [0.1, 0.15) is 58.2 Å². The lowest BCUT2D eigenvalue weighted by molar-refractivity contribution is -0.127. The molecule has 0 aliphatic carbocycles. The first-order chi connectivity index (χ1) is 14.3. The van der Waals surface area contributed by atoms with Crippen LogP contribution in [0.5, 0.6) is 0 Å². The number of aromatic nitrogens is 1. The van der Waals surface area contributed by atoms with Crippen LogP contribution in [-0.2, 0) is 4.79 Å². The number of benzene rings is 1. The molecule has 2 amide bonds. The summed E-state index contributed by atoms with van der Waals surface area (Å²) in [5, 5.41) is 9.88. The molecule has 1 saturated heterocycles. The maximum atomic E-state index is 13.2. The van der Waals surface area contributed by atoms with Gasteiger partial charge in [0.15, 0.2) is 5.78 Å². The molecule has 6 nitrogen and oxygen atoms in total. The van der Waals surface area contributed by atoms with Crippen molar-refractivity contribution in [1.29, 1.82) is 5.26 Å². The van der Waals surface area contributed by atoms with E-state index in [2.05, 4.69) is 11.1 Å². The third kappa shape index (κ3) is 4.72. The van der Waals surface area contributed by atoms with Gasteiger partial charge in [-0.3, -0.25) is 19.3 Å². The minimum absolute atomic E-state index is 0.168. The zero-order valence-corrected chi connectivity index (χ0v) is 18.2. The molecule has 0 saturated carbocycles. The van der Waals surface area contributed by atoms with Crippen molar-refractivity contribution in [3.63, 3.8) is 0 Å². The molecular formula is C22H20ClN3O3S. The van der Waals surface area contributed by atoms with Crippen LogP contribution < -0.4 is 0 Å². The number of carbonyl (C=O) groups excluding carboxylic acids is 3. The Labute approximate surface area is 184 Å². The highest BCUT2D eigenvalue weighted by atomic mass is 35.5. The van der Waals surface area contributed by atoms with Crippen LogP contribution in [0.3, 0.4) is 0 Å². The molecular weight excluding hydrogens is 422 g/mol. The number of hydrogen-bond donors (Lipinski definition) is 0. The van der Waals surface area contributed by atoms with E-state index in [0.29, 0.717) is 46.3 Å². The molecule has 2 heterocycles. The summed E-state index contributed by atoms with van der Waals surface area (Å²) in [6.45, 7) is 3.47. The van der Waals surface area contributed by atoms with Crippen LogP contribution in [-0.4, -0.2) is 39.3 Å². The second kappa shape index (κ2) is 9.41. The van der Waals surface area contributed by atoms with Crippen molar-refractivity contribution in [3.05, 3.63) is 57.7 Å². The first kappa shape index (κ1) is 22.0. The molecule has 0 radical (unpaired) electrons. The molecule has 1 aliphatic heterocycles. The molecule has 3 rings (SSSR count). The highest BCUT2D eigenvalue weighted by molar-refractivity contribution is 8.00. The highest BCUT2D eigenvalue weighted by Crippen LogP contribution is 2.32. The fraction of sp³-hybridized carbons (Fsp3) is 0.318. The number of rotatable bonds is 4. The topological polar surface area (TPSA) is 91.1 Å². The van der Waals surface area contributed by atoms with E-state index in [1.54, 1.807) is 31.2 Å². The number of hydrogen-bond acceptors (Lipinski definition) is 6. The van der Waals surface area contributed by atoms with Gasteiger partial charge in [-0.15, -0.1) is 0 Å². The number of likely N-dealkylation sites (tertiary alicyclic amines) is 1. The number of Topliss-reactive ketones (excluding diaryl/α,β-unsaturated/α-hetero) is 1. The first-order valence-corrected chi connectivity index (χ1v) is 10.8. The summed E-state index contributed by atoms with van der Waals surface area (Å²) in [5.41, 5.74) is 1.56. The summed E-state index contributed by atoms with van der Waals surface area (Å²) in [6.07, 6.45) is 2.07. The Hall–Kier alpha value is -2.69. The Kier molecular flexibility index (Phi) is 6.91. The normalized spacial score (nSPS) is 16.7. The molecule has 2 aromatic rings. The van der Waals surface area contributed by atoms with E-state index in [0.717, 1.165) is 6.42 Å². The Morgan fingerprint density at radius 2 is 1.97 bits per heavy atom. The number of ketones is 1. The van der Waals surface area contributed by atoms with Crippen LogP contribution in [0.15, 0.2) is 35.4 Å². The van der Waals surface area contributed by atoms with Gasteiger partial charge < -0.3 is 0 Å². The molecule has 154 valence electrons. The maximum Gasteiger partial charge on any atom is 0.260 e. The van der Waals surface area contributed by atoms with E-state index < -0.39 is 5.25 Å². The molecule has 1 aromatic heterocycles. The van der Waals surface area contributed by atoms with Gasteiger partial charge in [0.2, 0.25) is 5.91 Å². The van der Waals surface area contributed by atoms with E-state index in [1.807, 2.05) is 0 Å². The number of halogens is 1.